The highest BCUT2D eigenvalue weighted by atomic mass is 32.2. The molecule has 3 amide bonds. The number of hydrogen-bond acceptors (Lipinski definition) is 9. The summed E-state index contributed by atoms with van der Waals surface area (Å²) in [4.78, 5) is 57.0. The summed E-state index contributed by atoms with van der Waals surface area (Å²) in [5.41, 5.74) is -5.79. The number of aliphatic carboxylic acids is 1. The van der Waals surface area contributed by atoms with E-state index in [9.17, 15) is 45.9 Å². The van der Waals surface area contributed by atoms with Crippen molar-refractivity contribution in [3.63, 3.8) is 0 Å². The van der Waals surface area contributed by atoms with E-state index < -0.39 is 51.0 Å². The smallest absolute Gasteiger partial charge is 0.481 e. The van der Waals surface area contributed by atoms with Crippen LogP contribution in [0.3, 0.4) is 0 Å². The summed E-state index contributed by atoms with van der Waals surface area (Å²) in [6, 6.07) is 12.5. The Bertz CT molecular complexity index is 1760. The van der Waals surface area contributed by atoms with Crippen LogP contribution < -0.4 is 14.8 Å². The SMILES string of the molecule is CCOC(=O)N1CCN(C(=O)C(CCNC(=O)c2cc(Oc3cccc(NS(=O)(=O)C(F)(F)F)c3)c3ccccc3n2)C(=O)O)CC1. The number of anilines is 1. The van der Waals surface area contributed by atoms with E-state index in [-0.39, 0.29) is 62.9 Å². The van der Waals surface area contributed by atoms with E-state index in [1.807, 2.05) is 0 Å². The highest BCUT2D eigenvalue weighted by Gasteiger charge is 2.46. The molecule has 14 nitrogen and oxygen atoms in total. The van der Waals surface area contributed by atoms with Gasteiger partial charge in [-0.25, -0.2) is 9.78 Å². The van der Waals surface area contributed by atoms with E-state index in [1.165, 1.54) is 32.7 Å². The molecule has 1 unspecified atom stereocenters. The molecule has 1 saturated heterocycles. The van der Waals surface area contributed by atoms with Gasteiger partial charge in [0.2, 0.25) is 5.91 Å². The average molecular weight is 682 g/mol. The zero-order chi connectivity index (χ0) is 34.4. The molecule has 0 bridgehead atoms. The van der Waals surface area contributed by atoms with Gasteiger partial charge in [0.05, 0.1) is 17.8 Å². The summed E-state index contributed by atoms with van der Waals surface area (Å²) in [5.74, 6) is -4.22. The van der Waals surface area contributed by atoms with Crippen molar-refractivity contribution in [1.82, 2.24) is 20.1 Å². The minimum atomic E-state index is -5.68. The van der Waals surface area contributed by atoms with E-state index in [0.29, 0.717) is 10.9 Å². The molecule has 252 valence electrons. The molecular weight excluding hydrogens is 651 g/mol. The molecule has 2 aromatic carbocycles. The summed E-state index contributed by atoms with van der Waals surface area (Å²) >= 11 is 0. The van der Waals surface area contributed by atoms with Crippen LogP contribution in [0.2, 0.25) is 0 Å². The third-order valence-corrected chi connectivity index (χ3v) is 8.08. The molecule has 0 saturated carbocycles. The number of aromatic nitrogens is 1. The van der Waals surface area contributed by atoms with Crippen molar-refractivity contribution in [1.29, 1.82) is 0 Å². The number of hydrogen-bond donors (Lipinski definition) is 3. The summed E-state index contributed by atoms with van der Waals surface area (Å²) in [6.07, 6.45) is -0.759. The number of sulfonamides is 1. The van der Waals surface area contributed by atoms with Crippen LogP contribution in [0.25, 0.3) is 10.9 Å². The highest BCUT2D eigenvalue weighted by molar-refractivity contribution is 7.93. The van der Waals surface area contributed by atoms with Crippen molar-refractivity contribution >= 4 is 50.5 Å². The van der Waals surface area contributed by atoms with Gasteiger partial charge in [-0.05, 0) is 37.6 Å². The Kier molecular flexibility index (Phi) is 10.7. The van der Waals surface area contributed by atoms with Gasteiger partial charge in [-0.3, -0.25) is 19.1 Å². The van der Waals surface area contributed by atoms with Crippen molar-refractivity contribution in [2.45, 2.75) is 18.9 Å². The topological polar surface area (TPSA) is 185 Å². The monoisotopic (exact) mass is 681 g/mol. The fourth-order valence-corrected chi connectivity index (χ4v) is 5.18. The Hall–Kier alpha value is -5.13. The van der Waals surface area contributed by atoms with E-state index in [4.69, 9.17) is 9.47 Å². The molecular formula is C29H30F3N5O9S. The lowest BCUT2D eigenvalue weighted by Crippen LogP contribution is -2.53. The van der Waals surface area contributed by atoms with Crippen LogP contribution in [0.1, 0.15) is 23.8 Å². The molecule has 47 heavy (non-hydrogen) atoms. The number of halogens is 3. The number of pyridine rings is 1. The van der Waals surface area contributed by atoms with E-state index in [1.54, 1.807) is 31.2 Å². The van der Waals surface area contributed by atoms with Crippen LogP contribution >= 0.6 is 0 Å². The van der Waals surface area contributed by atoms with Crippen molar-refractivity contribution in [2.75, 3.05) is 44.1 Å². The predicted octanol–water partition coefficient (Wildman–Crippen LogP) is 3.41. The standard InChI is InChI=1S/C29H30F3N5O9S/c1-2-45-28(42)37-14-12-36(13-15-37)26(39)21(27(40)41)10-11-33-25(38)23-17-24(20-8-3-4-9-22(20)34-23)46-19-7-5-6-18(16-19)35-47(43,44)29(30,31)32/h3-9,16-17,21,35H,2,10-15H2,1H3,(H,33,38)(H,40,41). The molecule has 0 spiro atoms. The molecule has 0 radical (unpaired) electrons. The maximum Gasteiger partial charge on any atom is 0.516 e. The summed E-state index contributed by atoms with van der Waals surface area (Å²) in [7, 11) is -5.68. The Morgan fingerprint density at radius 2 is 1.68 bits per heavy atom. The van der Waals surface area contributed by atoms with Gasteiger partial charge in [0.1, 0.15) is 23.1 Å². The summed E-state index contributed by atoms with van der Waals surface area (Å²) in [5, 5.41) is 12.7. The quantitative estimate of drug-likeness (QED) is 0.254. The zero-order valence-corrected chi connectivity index (χ0v) is 25.6. The van der Waals surface area contributed by atoms with Gasteiger partial charge in [0, 0.05) is 50.2 Å². The number of para-hydroxylation sites is 1. The molecule has 18 heteroatoms. The van der Waals surface area contributed by atoms with Crippen LogP contribution in [0.5, 0.6) is 11.5 Å². The zero-order valence-electron chi connectivity index (χ0n) is 24.8. The number of carboxylic acid groups (broad SMARTS) is 1. The Labute approximate surface area is 266 Å². The molecule has 1 atom stereocenters. The first kappa shape index (κ1) is 34.7. The normalized spacial score (nSPS) is 14.3. The number of carbonyl (C=O) groups excluding carboxylic acids is 3. The summed E-state index contributed by atoms with van der Waals surface area (Å²) < 4.78 is 73.7. The minimum Gasteiger partial charge on any atom is -0.481 e. The minimum absolute atomic E-state index is 0.0546. The number of nitrogens with zero attached hydrogens (tertiary/aromatic N) is 3. The Morgan fingerprint density at radius 1 is 1.00 bits per heavy atom. The first-order valence-electron chi connectivity index (χ1n) is 14.2. The van der Waals surface area contributed by atoms with Gasteiger partial charge in [0.15, 0.2) is 0 Å². The maximum absolute atomic E-state index is 13.1. The second-order valence-electron chi connectivity index (χ2n) is 10.2. The lowest BCUT2D eigenvalue weighted by Gasteiger charge is -2.35. The van der Waals surface area contributed by atoms with Gasteiger partial charge < -0.3 is 29.7 Å². The molecule has 1 aliphatic heterocycles. The maximum atomic E-state index is 13.1. The average Bonchev–Trinajstić information content (AvgIpc) is 3.02. The molecule has 1 fully saturated rings. The highest BCUT2D eigenvalue weighted by Crippen LogP contribution is 2.32. The number of nitrogens with one attached hydrogen (secondary N) is 2. The Balaban J connectivity index is 1.44. The molecule has 2 heterocycles. The first-order valence-corrected chi connectivity index (χ1v) is 15.7. The van der Waals surface area contributed by atoms with Crippen LogP contribution in [0.15, 0.2) is 54.6 Å². The van der Waals surface area contributed by atoms with Crippen molar-refractivity contribution in [3.05, 3.63) is 60.3 Å². The van der Waals surface area contributed by atoms with Gasteiger partial charge >= 0.3 is 27.6 Å². The second-order valence-corrected chi connectivity index (χ2v) is 11.8. The van der Waals surface area contributed by atoms with Crippen LogP contribution in [0, 0.1) is 5.92 Å². The van der Waals surface area contributed by atoms with Gasteiger partial charge in [-0.15, -0.1) is 0 Å². The van der Waals surface area contributed by atoms with Gasteiger partial charge in [-0.1, -0.05) is 18.2 Å². The number of alkyl halides is 3. The number of carboxylic acids is 1. The number of ether oxygens (including phenoxy) is 2. The fourth-order valence-electron chi connectivity index (χ4n) is 4.63. The van der Waals surface area contributed by atoms with Crippen LogP contribution in [-0.2, 0) is 24.3 Å². The fraction of sp³-hybridized carbons (Fsp3) is 0.345. The summed E-state index contributed by atoms with van der Waals surface area (Å²) in [6.45, 7) is 2.25. The van der Waals surface area contributed by atoms with E-state index >= 15 is 0 Å². The van der Waals surface area contributed by atoms with Gasteiger partial charge in [-0.2, -0.15) is 21.6 Å². The number of carbonyl (C=O) groups is 4. The third-order valence-electron chi connectivity index (χ3n) is 6.96. The predicted molar refractivity (Wildman–Crippen MR) is 160 cm³/mol. The molecule has 1 aliphatic rings. The van der Waals surface area contributed by atoms with Gasteiger partial charge in [0.25, 0.3) is 5.91 Å². The molecule has 3 N–H and O–H groups in total. The van der Waals surface area contributed by atoms with Crippen molar-refractivity contribution in [3.8, 4) is 11.5 Å². The van der Waals surface area contributed by atoms with Crippen molar-refractivity contribution in [2.24, 2.45) is 5.92 Å². The number of benzene rings is 2. The number of fused-ring (bicyclic) bond motifs is 1. The van der Waals surface area contributed by atoms with E-state index in [2.05, 4.69) is 10.3 Å². The van der Waals surface area contributed by atoms with Crippen molar-refractivity contribution < 1.29 is 55.3 Å². The second kappa shape index (κ2) is 14.5. The number of rotatable bonds is 11. The number of piperazine rings is 1. The third kappa shape index (κ3) is 8.57. The number of amides is 3. The van der Waals surface area contributed by atoms with E-state index in [0.717, 1.165) is 12.1 Å². The molecule has 3 aromatic rings. The van der Waals surface area contributed by atoms with Crippen LogP contribution in [-0.4, -0.2) is 97.0 Å². The first-order chi connectivity index (χ1) is 22.2. The molecule has 4 rings (SSSR count). The molecule has 0 aliphatic carbocycles. The molecule has 1 aromatic heterocycles. The lowest BCUT2D eigenvalue weighted by atomic mass is 10.0. The van der Waals surface area contributed by atoms with Crippen LogP contribution in [0.4, 0.5) is 23.7 Å². The largest absolute Gasteiger partial charge is 0.516 e. The lowest BCUT2D eigenvalue weighted by molar-refractivity contribution is -0.152. The Morgan fingerprint density at radius 3 is 2.34 bits per heavy atom.